The Morgan fingerprint density at radius 1 is 1.11 bits per heavy atom. The number of benzene rings is 1. The lowest BCUT2D eigenvalue weighted by Crippen LogP contribution is -2.44. The van der Waals surface area contributed by atoms with Crippen LogP contribution in [0.3, 0.4) is 0 Å². The molecule has 4 amide bonds. The zero-order valence-corrected chi connectivity index (χ0v) is 16.2. The maximum absolute atomic E-state index is 13.1. The number of nitrogens with one attached hydrogen (secondary N) is 1. The zero-order chi connectivity index (χ0) is 20.6. The molecule has 3 rings (SSSR count). The molecule has 0 unspecified atom stereocenters. The summed E-state index contributed by atoms with van der Waals surface area (Å²) in [7, 11) is 0. The third-order valence-corrected chi connectivity index (χ3v) is 4.45. The van der Waals surface area contributed by atoms with Gasteiger partial charge in [-0.25, -0.2) is 4.79 Å². The molecule has 9 heteroatoms. The van der Waals surface area contributed by atoms with Crippen molar-refractivity contribution in [3.63, 3.8) is 0 Å². The molecule has 0 saturated carbocycles. The van der Waals surface area contributed by atoms with E-state index in [1.54, 1.807) is 28.9 Å². The lowest BCUT2D eigenvalue weighted by molar-refractivity contribution is 0.0915. The Hall–Kier alpha value is -3.36. The SMILES string of the molecule is CC(C)(C)NC(=O)c1c(-c2ccccc2C(N)=O)nn2c1CN(C(N)=O)CC2. The summed E-state index contributed by atoms with van der Waals surface area (Å²) in [5.41, 5.74) is 12.5. The van der Waals surface area contributed by atoms with Crippen LogP contribution in [0.5, 0.6) is 0 Å². The van der Waals surface area contributed by atoms with Crippen LogP contribution in [0.2, 0.25) is 0 Å². The first-order chi connectivity index (χ1) is 13.1. The number of primary amides is 2. The van der Waals surface area contributed by atoms with E-state index in [4.69, 9.17) is 11.5 Å². The van der Waals surface area contributed by atoms with E-state index in [0.29, 0.717) is 35.6 Å². The molecule has 28 heavy (non-hydrogen) atoms. The second-order valence-electron chi connectivity index (χ2n) is 7.77. The molecule has 0 aliphatic carbocycles. The van der Waals surface area contributed by atoms with E-state index < -0.39 is 17.5 Å². The third kappa shape index (κ3) is 3.68. The number of carbonyl (C=O) groups excluding carboxylic acids is 3. The second-order valence-corrected chi connectivity index (χ2v) is 7.77. The van der Waals surface area contributed by atoms with Gasteiger partial charge in [-0.1, -0.05) is 18.2 Å². The van der Waals surface area contributed by atoms with Gasteiger partial charge in [0.1, 0.15) is 5.69 Å². The van der Waals surface area contributed by atoms with Gasteiger partial charge in [0.05, 0.1) is 24.3 Å². The van der Waals surface area contributed by atoms with Crippen molar-refractivity contribution in [2.75, 3.05) is 6.54 Å². The van der Waals surface area contributed by atoms with Gasteiger partial charge in [-0.3, -0.25) is 14.3 Å². The van der Waals surface area contributed by atoms with Crippen LogP contribution in [0.15, 0.2) is 24.3 Å². The maximum Gasteiger partial charge on any atom is 0.315 e. The lowest BCUT2D eigenvalue weighted by Gasteiger charge is -2.27. The summed E-state index contributed by atoms with van der Waals surface area (Å²) in [5.74, 6) is -0.947. The van der Waals surface area contributed by atoms with Crippen molar-refractivity contribution in [2.45, 2.75) is 39.4 Å². The van der Waals surface area contributed by atoms with Crippen molar-refractivity contribution in [1.29, 1.82) is 0 Å². The molecular formula is C19H24N6O3. The summed E-state index contributed by atoms with van der Waals surface area (Å²) in [5, 5.41) is 7.51. The predicted molar refractivity (Wildman–Crippen MR) is 103 cm³/mol. The molecule has 0 fully saturated rings. The number of hydrogen-bond acceptors (Lipinski definition) is 4. The van der Waals surface area contributed by atoms with Gasteiger partial charge in [0.25, 0.3) is 5.91 Å². The number of nitrogens with zero attached hydrogens (tertiary/aromatic N) is 3. The van der Waals surface area contributed by atoms with Crippen molar-refractivity contribution in [2.24, 2.45) is 11.5 Å². The fourth-order valence-electron chi connectivity index (χ4n) is 3.24. The first-order valence-corrected chi connectivity index (χ1v) is 8.94. The van der Waals surface area contributed by atoms with Crippen molar-refractivity contribution in [1.82, 2.24) is 20.0 Å². The molecule has 0 atom stereocenters. The van der Waals surface area contributed by atoms with Crippen LogP contribution in [0.4, 0.5) is 4.79 Å². The van der Waals surface area contributed by atoms with E-state index in [9.17, 15) is 14.4 Å². The molecule has 148 valence electrons. The standard InChI is InChI=1S/C19H24N6O3/c1-19(2,3)22-17(27)14-13-10-24(18(21)28)8-9-25(13)23-15(14)11-6-4-5-7-12(11)16(20)26/h4-7H,8-10H2,1-3H3,(H2,20,26)(H2,21,28)(H,22,27). The number of amides is 4. The smallest absolute Gasteiger partial charge is 0.315 e. The van der Waals surface area contributed by atoms with Crippen molar-refractivity contribution in [3.8, 4) is 11.3 Å². The van der Waals surface area contributed by atoms with Crippen molar-refractivity contribution < 1.29 is 14.4 Å². The molecule has 2 heterocycles. The number of aromatic nitrogens is 2. The molecule has 0 radical (unpaired) electrons. The minimum Gasteiger partial charge on any atom is -0.366 e. The van der Waals surface area contributed by atoms with Crippen molar-refractivity contribution >= 4 is 17.8 Å². The summed E-state index contributed by atoms with van der Waals surface area (Å²) in [4.78, 5) is 38.1. The Morgan fingerprint density at radius 3 is 2.39 bits per heavy atom. The summed E-state index contributed by atoms with van der Waals surface area (Å²) in [6.45, 7) is 6.55. The highest BCUT2D eigenvalue weighted by Crippen LogP contribution is 2.31. The van der Waals surface area contributed by atoms with Gasteiger partial charge in [0.15, 0.2) is 0 Å². The van der Waals surface area contributed by atoms with Gasteiger partial charge in [-0.05, 0) is 26.8 Å². The maximum atomic E-state index is 13.1. The van der Waals surface area contributed by atoms with Crippen LogP contribution in [0.1, 0.15) is 47.2 Å². The Morgan fingerprint density at radius 2 is 1.79 bits per heavy atom. The molecule has 1 aromatic carbocycles. The Bertz CT molecular complexity index is 957. The summed E-state index contributed by atoms with van der Waals surface area (Å²) >= 11 is 0. The number of nitrogens with two attached hydrogens (primary N) is 2. The number of hydrogen-bond donors (Lipinski definition) is 3. The quantitative estimate of drug-likeness (QED) is 0.729. The summed E-state index contributed by atoms with van der Waals surface area (Å²) < 4.78 is 1.68. The predicted octanol–water partition coefficient (Wildman–Crippen LogP) is 1.07. The lowest BCUT2D eigenvalue weighted by atomic mass is 9.98. The Kier molecular flexibility index (Phi) is 4.84. The molecule has 5 N–H and O–H groups in total. The minimum atomic E-state index is -0.609. The fourth-order valence-corrected chi connectivity index (χ4v) is 3.24. The van der Waals surface area contributed by atoms with Gasteiger partial charge in [-0.2, -0.15) is 5.10 Å². The molecule has 1 aromatic heterocycles. The first kappa shape index (κ1) is 19.4. The molecule has 2 aromatic rings. The molecule has 1 aliphatic heterocycles. The molecule has 0 bridgehead atoms. The van der Waals surface area contributed by atoms with E-state index in [0.717, 1.165) is 0 Å². The van der Waals surface area contributed by atoms with Gasteiger partial charge in [0, 0.05) is 23.2 Å². The minimum absolute atomic E-state index is 0.161. The van der Waals surface area contributed by atoms with E-state index in [1.807, 2.05) is 20.8 Å². The van der Waals surface area contributed by atoms with E-state index >= 15 is 0 Å². The average molecular weight is 384 g/mol. The van der Waals surface area contributed by atoms with Crippen LogP contribution in [-0.4, -0.2) is 44.6 Å². The van der Waals surface area contributed by atoms with Crippen LogP contribution >= 0.6 is 0 Å². The fraction of sp³-hybridized carbons (Fsp3) is 0.368. The van der Waals surface area contributed by atoms with E-state index in [1.165, 1.54) is 4.90 Å². The highest BCUT2D eigenvalue weighted by molar-refractivity contribution is 6.06. The Balaban J connectivity index is 2.20. The number of carbonyl (C=O) groups is 3. The van der Waals surface area contributed by atoms with Gasteiger partial charge in [0.2, 0.25) is 5.91 Å². The van der Waals surface area contributed by atoms with Crippen LogP contribution in [0.25, 0.3) is 11.3 Å². The molecule has 9 nitrogen and oxygen atoms in total. The number of urea groups is 1. The molecule has 0 saturated heterocycles. The topological polar surface area (TPSA) is 136 Å². The van der Waals surface area contributed by atoms with Crippen LogP contribution < -0.4 is 16.8 Å². The zero-order valence-electron chi connectivity index (χ0n) is 16.2. The van der Waals surface area contributed by atoms with E-state index in [-0.39, 0.29) is 18.0 Å². The largest absolute Gasteiger partial charge is 0.366 e. The number of rotatable bonds is 3. The van der Waals surface area contributed by atoms with Crippen LogP contribution in [-0.2, 0) is 13.1 Å². The highest BCUT2D eigenvalue weighted by atomic mass is 16.2. The molecule has 1 aliphatic rings. The monoisotopic (exact) mass is 384 g/mol. The van der Waals surface area contributed by atoms with E-state index in [2.05, 4.69) is 10.4 Å². The molecular weight excluding hydrogens is 360 g/mol. The highest BCUT2D eigenvalue weighted by Gasteiger charge is 2.32. The van der Waals surface area contributed by atoms with Gasteiger partial charge in [-0.15, -0.1) is 0 Å². The average Bonchev–Trinajstić information content (AvgIpc) is 2.98. The third-order valence-electron chi connectivity index (χ3n) is 4.45. The van der Waals surface area contributed by atoms with Crippen molar-refractivity contribution in [3.05, 3.63) is 41.1 Å². The molecule has 0 spiro atoms. The number of fused-ring (bicyclic) bond motifs is 1. The van der Waals surface area contributed by atoms with Gasteiger partial charge >= 0.3 is 6.03 Å². The second kappa shape index (κ2) is 6.99. The Labute approximate surface area is 162 Å². The first-order valence-electron chi connectivity index (χ1n) is 8.94. The summed E-state index contributed by atoms with van der Waals surface area (Å²) in [6, 6.07) is 6.18. The normalized spacial score (nSPS) is 13.8. The van der Waals surface area contributed by atoms with Crippen LogP contribution in [0, 0.1) is 0 Å². The summed E-state index contributed by atoms with van der Waals surface area (Å²) in [6.07, 6.45) is 0. The van der Waals surface area contributed by atoms with Gasteiger partial charge < -0.3 is 21.7 Å².